The Morgan fingerprint density at radius 1 is 1.26 bits per heavy atom. The highest BCUT2D eigenvalue weighted by atomic mass is 16.4. The molecule has 1 aliphatic rings. The zero-order valence-electron chi connectivity index (χ0n) is 10.5. The smallest absolute Gasteiger partial charge is 0.303 e. The van der Waals surface area contributed by atoms with Crippen molar-refractivity contribution in [2.45, 2.75) is 18.9 Å². The lowest BCUT2D eigenvalue weighted by Gasteiger charge is -2.35. The summed E-state index contributed by atoms with van der Waals surface area (Å²) in [7, 11) is 0. The summed E-state index contributed by atoms with van der Waals surface area (Å²) >= 11 is 0. The Bertz CT molecular complexity index is 460. The van der Waals surface area contributed by atoms with E-state index in [1.807, 2.05) is 6.07 Å². The molecule has 2 atom stereocenters. The van der Waals surface area contributed by atoms with Crippen molar-refractivity contribution in [1.29, 1.82) is 0 Å². The van der Waals surface area contributed by atoms with Crippen molar-refractivity contribution in [3.05, 3.63) is 35.9 Å². The number of aliphatic hydroxyl groups is 1. The van der Waals surface area contributed by atoms with Gasteiger partial charge in [-0.15, -0.1) is 0 Å². The van der Waals surface area contributed by atoms with Crippen LogP contribution in [0.25, 0.3) is 0 Å². The maximum absolute atomic E-state index is 12.2. The Labute approximate surface area is 111 Å². The molecule has 2 N–H and O–H groups in total. The topological polar surface area (TPSA) is 77.8 Å². The lowest BCUT2D eigenvalue weighted by atomic mass is 9.91. The van der Waals surface area contributed by atoms with E-state index in [2.05, 4.69) is 0 Å². The Morgan fingerprint density at radius 2 is 1.95 bits per heavy atom. The van der Waals surface area contributed by atoms with Crippen LogP contribution in [0, 0.1) is 5.92 Å². The molecule has 0 saturated carbocycles. The molecule has 1 amide bonds. The van der Waals surface area contributed by atoms with E-state index in [0.29, 0.717) is 25.1 Å². The Kier molecular flexibility index (Phi) is 4.16. The van der Waals surface area contributed by atoms with Gasteiger partial charge in [0, 0.05) is 24.6 Å². The van der Waals surface area contributed by atoms with Crippen molar-refractivity contribution in [3.63, 3.8) is 0 Å². The van der Waals surface area contributed by atoms with Crippen LogP contribution in [0.2, 0.25) is 0 Å². The number of hydrogen-bond donors (Lipinski definition) is 2. The molecule has 1 aromatic rings. The van der Waals surface area contributed by atoms with Crippen molar-refractivity contribution in [3.8, 4) is 0 Å². The molecule has 1 aromatic carbocycles. The summed E-state index contributed by atoms with van der Waals surface area (Å²) < 4.78 is 0. The maximum atomic E-state index is 12.2. The van der Waals surface area contributed by atoms with Crippen LogP contribution in [-0.4, -0.2) is 46.2 Å². The summed E-state index contributed by atoms with van der Waals surface area (Å²) in [6.45, 7) is 0.756. The van der Waals surface area contributed by atoms with Crippen LogP contribution in [0.15, 0.2) is 30.3 Å². The molecule has 1 fully saturated rings. The fourth-order valence-corrected chi connectivity index (χ4v) is 2.39. The van der Waals surface area contributed by atoms with Gasteiger partial charge in [-0.05, 0) is 18.6 Å². The second kappa shape index (κ2) is 5.84. The van der Waals surface area contributed by atoms with Crippen molar-refractivity contribution < 1.29 is 19.8 Å². The van der Waals surface area contributed by atoms with E-state index < -0.39 is 12.1 Å². The van der Waals surface area contributed by atoms with Crippen molar-refractivity contribution in [2.24, 2.45) is 5.92 Å². The first-order valence-corrected chi connectivity index (χ1v) is 6.32. The van der Waals surface area contributed by atoms with Crippen LogP contribution in [0.1, 0.15) is 23.2 Å². The number of rotatable bonds is 3. The fourth-order valence-electron chi connectivity index (χ4n) is 2.39. The third-order valence-corrected chi connectivity index (χ3v) is 3.44. The molecule has 5 nitrogen and oxygen atoms in total. The highest BCUT2D eigenvalue weighted by Gasteiger charge is 2.31. The molecule has 0 bridgehead atoms. The fraction of sp³-hybridized carbons (Fsp3) is 0.429. The summed E-state index contributed by atoms with van der Waals surface area (Å²) in [6.07, 6.45) is -0.327. The number of nitrogens with zero attached hydrogens (tertiary/aromatic N) is 1. The van der Waals surface area contributed by atoms with Gasteiger partial charge in [0.25, 0.3) is 5.91 Å². The Morgan fingerprint density at radius 3 is 2.58 bits per heavy atom. The first-order chi connectivity index (χ1) is 9.08. The zero-order valence-corrected chi connectivity index (χ0v) is 10.5. The molecule has 0 aromatic heterocycles. The average Bonchev–Trinajstić information content (AvgIpc) is 2.41. The number of carboxylic acids is 1. The second-order valence-electron chi connectivity index (χ2n) is 4.83. The van der Waals surface area contributed by atoms with Gasteiger partial charge in [0.2, 0.25) is 0 Å². The molecule has 2 rings (SSSR count). The highest BCUT2D eigenvalue weighted by Crippen LogP contribution is 2.22. The van der Waals surface area contributed by atoms with E-state index in [1.54, 1.807) is 29.2 Å². The van der Waals surface area contributed by atoms with Gasteiger partial charge in [0.05, 0.1) is 12.5 Å². The second-order valence-corrected chi connectivity index (χ2v) is 4.83. The number of amides is 1. The van der Waals surface area contributed by atoms with Gasteiger partial charge in [0.15, 0.2) is 0 Å². The summed E-state index contributed by atoms with van der Waals surface area (Å²) in [5.41, 5.74) is 0.591. The minimum atomic E-state index is -0.946. The molecule has 1 heterocycles. The Hall–Kier alpha value is -1.88. The van der Waals surface area contributed by atoms with Crippen LogP contribution in [-0.2, 0) is 4.79 Å². The quantitative estimate of drug-likeness (QED) is 0.852. The molecule has 0 spiro atoms. The molecule has 102 valence electrons. The first kappa shape index (κ1) is 13.5. The number of aliphatic carboxylic acids is 1. The summed E-state index contributed by atoms with van der Waals surface area (Å²) in [5.74, 6) is -1.44. The first-order valence-electron chi connectivity index (χ1n) is 6.32. The molecule has 5 heteroatoms. The number of piperidine rings is 1. The number of benzene rings is 1. The predicted octanol–water partition coefficient (Wildman–Crippen LogP) is 0.984. The Balaban J connectivity index is 2.05. The van der Waals surface area contributed by atoms with Crippen LogP contribution >= 0.6 is 0 Å². The van der Waals surface area contributed by atoms with Gasteiger partial charge in [-0.3, -0.25) is 9.59 Å². The van der Waals surface area contributed by atoms with E-state index in [1.165, 1.54) is 0 Å². The molecule has 1 saturated heterocycles. The monoisotopic (exact) mass is 263 g/mol. The molecule has 0 radical (unpaired) electrons. The molecule has 19 heavy (non-hydrogen) atoms. The molecular formula is C14H17NO4. The molecular weight excluding hydrogens is 246 g/mol. The number of carbonyl (C=O) groups is 2. The number of likely N-dealkylation sites (tertiary alicyclic amines) is 1. The predicted molar refractivity (Wildman–Crippen MR) is 68.7 cm³/mol. The van der Waals surface area contributed by atoms with Crippen molar-refractivity contribution >= 4 is 11.9 Å². The minimum Gasteiger partial charge on any atom is -0.481 e. The van der Waals surface area contributed by atoms with Gasteiger partial charge in [-0.25, -0.2) is 0 Å². The van der Waals surface area contributed by atoms with Crippen LogP contribution in [0.4, 0.5) is 0 Å². The van der Waals surface area contributed by atoms with Crippen LogP contribution < -0.4 is 0 Å². The van der Waals surface area contributed by atoms with Gasteiger partial charge in [-0.1, -0.05) is 18.2 Å². The lowest BCUT2D eigenvalue weighted by molar-refractivity contribution is -0.139. The van der Waals surface area contributed by atoms with E-state index in [4.69, 9.17) is 5.11 Å². The largest absolute Gasteiger partial charge is 0.481 e. The summed E-state index contributed by atoms with van der Waals surface area (Å²) in [6, 6.07) is 8.89. The SMILES string of the molecule is O=C(O)CC1CN(C(=O)c2ccccc2)CCC1O. The molecule has 1 aliphatic heterocycles. The minimum absolute atomic E-state index is 0.108. The zero-order chi connectivity index (χ0) is 13.8. The molecule has 2 unspecified atom stereocenters. The standard InChI is InChI=1S/C14H17NO4/c16-12-6-7-15(9-11(12)8-13(17)18)14(19)10-4-2-1-3-5-10/h1-5,11-12,16H,6-9H2,(H,17,18). The number of carboxylic acid groups (broad SMARTS) is 1. The average molecular weight is 263 g/mol. The number of hydrogen-bond acceptors (Lipinski definition) is 3. The van der Waals surface area contributed by atoms with Gasteiger partial charge >= 0.3 is 5.97 Å². The van der Waals surface area contributed by atoms with E-state index in [0.717, 1.165) is 0 Å². The maximum Gasteiger partial charge on any atom is 0.303 e. The van der Waals surface area contributed by atoms with Gasteiger partial charge in [0.1, 0.15) is 0 Å². The van der Waals surface area contributed by atoms with Crippen LogP contribution in [0.5, 0.6) is 0 Å². The van der Waals surface area contributed by atoms with Gasteiger partial charge < -0.3 is 15.1 Å². The summed E-state index contributed by atoms with van der Waals surface area (Å²) in [5, 5.41) is 18.6. The van der Waals surface area contributed by atoms with Crippen LogP contribution in [0.3, 0.4) is 0 Å². The van der Waals surface area contributed by atoms with Crippen molar-refractivity contribution in [2.75, 3.05) is 13.1 Å². The normalized spacial score (nSPS) is 23.1. The highest BCUT2D eigenvalue weighted by molar-refractivity contribution is 5.94. The third-order valence-electron chi connectivity index (χ3n) is 3.44. The van der Waals surface area contributed by atoms with E-state index in [9.17, 15) is 14.7 Å². The van der Waals surface area contributed by atoms with Gasteiger partial charge in [-0.2, -0.15) is 0 Å². The van der Waals surface area contributed by atoms with E-state index >= 15 is 0 Å². The third kappa shape index (κ3) is 3.32. The summed E-state index contributed by atoms with van der Waals surface area (Å²) in [4.78, 5) is 24.6. The molecule has 0 aliphatic carbocycles. The van der Waals surface area contributed by atoms with Crippen molar-refractivity contribution in [1.82, 2.24) is 4.90 Å². The number of aliphatic hydroxyl groups excluding tert-OH is 1. The lowest BCUT2D eigenvalue weighted by Crippen LogP contribution is -2.46. The number of carbonyl (C=O) groups excluding carboxylic acids is 1. The van der Waals surface area contributed by atoms with E-state index in [-0.39, 0.29) is 18.2 Å².